The maximum Gasteiger partial charge on any atom is 0.356 e. The molecule has 0 aliphatic heterocycles. The molecule has 2 heterocycles. The molecule has 31 heavy (non-hydrogen) atoms. The summed E-state index contributed by atoms with van der Waals surface area (Å²) in [6.45, 7) is 0.782. The van der Waals surface area contributed by atoms with Gasteiger partial charge in [-0.2, -0.15) is 5.10 Å². The zero-order valence-electron chi connectivity index (χ0n) is 17.5. The molecule has 0 amide bonds. The SMILES string of the molecule is COC(=O)C12CCC(CN)(CC1)CC2.COC(=O)c1cc(C(=O)O)n2nccc2n1.Cl. The Morgan fingerprint density at radius 1 is 1.13 bits per heavy atom. The number of carboxylic acids is 1. The van der Waals surface area contributed by atoms with Crippen LogP contribution in [0, 0.1) is 10.8 Å². The van der Waals surface area contributed by atoms with E-state index in [1.54, 1.807) is 0 Å². The number of nitrogens with two attached hydrogens (primary N) is 1. The van der Waals surface area contributed by atoms with E-state index in [-0.39, 0.29) is 40.8 Å². The van der Waals surface area contributed by atoms with E-state index in [2.05, 4.69) is 14.8 Å². The van der Waals surface area contributed by atoms with Crippen molar-refractivity contribution in [1.82, 2.24) is 14.6 Å². The summed E-state index contributed by atoms with van der Waals surface area (Å²) in [5, 5.41) is 12.7. The lowest BCUT2D eigenvalue weighted by Crippen LogP contribution is -2.49. The molecule has 2 aromatic heterocycles. The Kier molecular flexibility index (Phi) is 7.61. The summed E-state index contributed by atoms with van der Waals surface area (Å²) in [5.41, 5.74) is 6.09. The monoisotopic (exact) mass is 454 g/mol. The topological polar surface area (TPSA) is 146 Å². The molecule has 0 saturated heterocycles. The molecule has 3 aliphatic carbocycles. The first kappa shape index (κ1) is 24.5. The summed E-state index contributed by atoms with van der Waals surface area (Å²) in [6, 6.07) is 2.62. The highest BCUT2D eigenvalue weighted by Crippen LogP contribution is 2.56. The van der Waals surface area contributed by atoms with Crippen LogP contribution in [-0.4, -0.2) is 58.4 Å². The minimum atomic E-state index is -1.19. The van der Waals surface area contributed by atoms with Crippen molar-refractivity contribution in [2.75, 3.05) is 20.8 Å². The van der Waals surface area contributed by atoms with Gasteiger partial charge in [-0.25, -0.2) is 19.1 Å². The number of carbonyl (C=O) groups is 3. The standard InChI is InChI=1S/C11H19NO2.C9H7N3O4.ClH/c1-14-9(13)11-5-2-10(8-12,3-6-11)4-7-11;1-16-9(15)5-4-6(8(13)14)12-7(11-5)2-3-10-12;/h2-8,12H2,1H3;2-4H,1H3,(H,13,14);1H. The Balaban J connectivity index is 0.000000215. The molecule has 5 rings (SSSR count). The largest absolute Gasteiger partial charge is 0.477 e. The van der Waals surface area contributed by atoms with E-state index in [1.165, 1.54) is 26.5 Å². The number of rotatable bonds is 4. The number of aromatic nitrogens is 3. The molecule has 10 nitrogen and oxygen atoms in total. The highest BCUT2D eigenvalue weighted by atomic mass is 35.5. The molecule has 0 atom stereocenters. The third-order valence-electron chi connectivity index (χ3n) is 6.43. The van der Waals surface area contributed by atoms with Gasteiger partial charge in [0.15, 0.2) is 17.0 Å². The predicted octanol–water partition coefficient (Wildman–Crippen LogP) is 2.09. The molecule has 0 unspecified atom stereocenters. The number of ether oxygens (including phenoxy) is 2. The van der Waals surface area contributed by atoms with Gasteiger partial charge in [-0.1, -0.05) is 0 Å². The van der Waals surface area contributed by atoms with Gasteiger partial charge in [-0.3, -0.25) is 4.79 Å². The van der Waals surface area contributed by atoms with Gasteiger partial charge in [0.1, 0.15) is 0 Å². The summed E-state index contributed by atoms with van der Waals surface area (Å²) in [4.78, 5) is 37.8. The van der Waals surface area contributed by atoms with Crippen LogP contribution in [0.2, 0.25) is 0 Å². The molecular weight excluding hydrogens is 428 g/mol. The molecule has 0 radical (unpaired) electrons. The van der Waals surface area contributed by atoms with Crippen molar-refractivity contribution < 1.29 is 29.0 Å². The average molecular weight is 455 g/mol. The Hall–Kier alpha value is -2.72. The first-order valence-electron chi connectivity index (χ1n) is 9.75. The second kappa shape index (κ2) is 9.61. The van der Waals surface area contributed by atoms with Crippen LogP contribution in [0.15, 0.2) is 18.3 Å². The predicted molar refractivity (Wildman–Crippen MR) is 112 cm³/mol. The first-order valence-corrected chi connectivity index (χ1v) is 9.75. The highest BCUT2D eigenvalue weighted by molar-refractivity contribution is 5.92. The van der Waals surface area contributed by atoms with Gasteiger partial charge < -0.3 is 20.3 Å². The van der Waals surface area contributed by atoms with E-state index >= 15 is 0 Å². The zero-order chi connectivity index (χ0) is 21.9. The Morgan fingerprint density at radius 2 is 1.74 bits per heavy atom. The van der Waals surface area contributed by atoms with Crippen molar-refractivity contribution in [3.05, 3.63) is 29.7 Å². The van der Waals surface area contributed by atoms with Crippen LogP contribution < -0.4 is 5.73 Å². The third kappa shape index (κ3) is 4.64. The van der Waals surface area contributed by atoms with Crippen molar-refractivity contribution in [2.24, 2.45) is 16.6 Å². The van der Waals surface area contributed by atoms with Crippen LogP contribution in [0.25, 0.3) is 5.65 Å². The van der Waals surface area contributed by atoms with Crippen molar-refractivity contribution in [3.63, 3.8) is 0 Å². The van der Waals surface area contributed by atoms with Gasteiger partial charge in [0, 0.05) is 12.1 Å². The van der Waals surface area contributed by atoms with Crippen molar-refractivity contribution in [3.8, 4) is 0 Å². The van der Waals surface area contributed by atoms with E-state index in [0.717, 1.165) is 55.7 Å². The maximum atomic E-state index is 11.7. The summed E-state index contributed by atoms with van der Waals surface area (Å²) < 4.78 is 10.5. The lowest BCUT2D eigenvalue weighted by atomic mass is 9.54. The second-order valence-corrected chi connectivity index (χ2v) is 7.90. The fourth-order valence-electron chi connectivity index (χ4n) is 4.37. The van der Waals surface area contributed by atoms with Crippen LogP contribution in [-0.2, 0) is 14.3 Å². The van der Waals surface area contributed by atoms with E-state index in [1.807, 2.05) is 0 Å². The zero-order valence-corrected chi connectivity index (χ0v) is 18.3. The maximum absolute atomic E-state index is 11.7. The van der Waals surface area contributed by atoms with Crippen LogP contribution in [0.4, 0.5) is 0 Å². The second-order valence-electron chi connectivity index (χ2n) is 7.90. The number of carboxylic acid groups (broad SMARTS) is 1. The number of fused-ring (bicyclic) bond motifs is 4. The van der Waals surface area contributed by atoms with E-state index in [9.17, 15) is 14.4 Å². The summed E-state index contributed by atoms with van der Waals surface area (Å²) in [6.07, 6.45) is 7.68. The molecule has 2 aromatic rings. The van der Waals surface area contributed by atoms with Crippen LogP contribution >= 0.6 is 12.4 Å². The molecule has 3 N–H and O–H groups in total. The van der Waals surface area contributed by atoms with Gasteiger partial charge in [-0.05, 0) is 50.5 Å². The summed E-state index contributed by atoms with van der Waals surface area (Å²) in [7, 11) is 2.70. The lowest BCUT2D eigenvalue weighted by Gasteiger charge is -2.51. The van der Waals surface area contributed by atoms with Gasteiger partial charge in [-0.15, -0.1) is 12.4 Å². The van der Waals surface area contributed by atoms with E-state index in [4.69, 9.17) is 15.6 Å². The van der Waals surface area contributed by atoms with Gasteiger partial charge >= 0.3 is 17.9 Å². The number of aromatic carboxylic acids is 1. The first-order chi connectivity index (χ1) is 14.3. The average Bonchev–Trinajstić information content (AvgIpc) is 3.27. The molecule has 11 heteroatoms. The van der Waals surface area contributed by atoms with Crippen molar-refractivity contribution >= 4 is 36.0 Å². The minimum absolute atomic E-state index is 0. The molecule has 3 saturated carbocycles. The minimum Gasteiger partial charge on any atom is -0.477 e. The molecule has 3 aliphatic rings. The smallest absolute Gasteiger partial charge is 0.356 e. The van der Waals surface area contributed by atoms with Crippen LogP contribution in [0.3, 0.4) is 0 Å². The van der Waals surface area contributed by atoms with Crippen molar-refractivity contribution in [2.45, 2.75) is 38.5 Å². The number of methoxy groups -OCH3 is 2. The Bertz CT molecular complexity index is 951. The number of hydrogen-bond donors (Lipinski definition) is 2. The van der Waals surface area contributed by atoms with Gasteiger partial charge in [0.05, 0.1) is 25.8 Å². The molecule has 0 aromatic carbocycles. The van der Waals surface area contributed by atoms with Crippen LogP contribution in [0.1, 0.15) is 59.5 Å². The molecule has 0 spiro atoms. The molecule has 170 valence electrons. The number of nitrogens with zero attached hydrogens (tertiary/aromatic N) is 3. The number of hydrogen-bond acceptors (Lipinski definition) is 8. The van der Waals surface area contributed by atoms with Crippen molar-refractivity contribution in [1.29, 1.82) is 0 Å². The van der Waals surface area contributed by atoms with Crippen LogP contribution in [0.5, 0.6) is 0 Å². The highest BCUT2D eigenvalue weighted by Gasteiger charge is 2.52. The van der Waals surface area contributed by atoms with Gasteiger partial charge in [0.2, 0.25) is 0 Å². The van der Waals surface area contributed by atoms with Gasteiger partial charge in [0.25, 0.3) is 0 Å². The Morgan fingerprint density at radius 3 is 2.23 bits per heavy atom. The quantitative estimate of drug-likeness (QED) is 0.662. The summed E-state index contributed by atoms with van der Waals surface area (Å²) in [5.74, 6) is -1.88. The van der Waals surface area contributed by atoms with E-state index < -0.39 is 11.9 Å². The normalized spacial score (nSPS) is 23.8. The molecule has 3 fully saturated rings. The molecule has 2 bridgehead atoms. The number of esters is 2. The number of carbonyl (C=O) groups excluding carboxylic acids is 2. The molecular formula is C20H27ClN4O6. The fourth-order valence-corrected chi connectivity index (χ4v) is 4.37. The fraction of sp³-hybridized carbons (Fsp3) is 0.550. The van der Waals surface area contributed by atoms with E-state index in [0.29, 0.717) is 5.41 Å². The Labute approximate surface area is 185 Å². The summed E-state index contributed by atoms with van der Waals surface area (Å²) >= 11 is 0. The number of halogens is 1. The lowest BCUT2D eigenvalue weighted by molar-refractivity contribution is -0.162. The third-order valence-corrected chi connectivity index (χ3v) is 6.43.